The highest BCUT2D eigenvalue weighted by Gasteiger charge is 2.24. The Morgan fingerprint density at radius 1 is 0.765 bits per heavy atom. The van der Waals surface area contributed by atoms with E-state index >= 15 is 0 Å². The Labute approximate surface area is 98.7 Å². The summed E-state index contributed by atoms with van der Waals surface area (Å²) in [5.41, 5.74) is -0.676. The zero-order valence-electron chi connectivity index (χ0n) is 9.43. The Kier molecular flexibility index (Phi) is 5.11. The molecule has 0 radical (unpaired) electrons. The van der Waals surface area contributed by atoms with Crippen molar-refractivity contribution < 1.29 is 22.0 Å². The summed E-state index contributed by atoms with van der Waals surface area (Å²) < 4.78 is 64.8. The Balaban J connectivity index is 2.92. The van der Waals surface area contributed by atoms with Crippen LogP contribution >= 0.6 is 0 Å². The van der Waals surface area contributed by atoms with Crippen molar-refractivity contribution >= 4 is 9.52 Å². The van der Waals surface area contributed by atoms with Crippen molar-refractivity contribution in [3.05, 3.63) is 34.6 Å². The van der Waals surface area contributed by atoms with E-state index in [2.05, 4.69) is 0 Å². The van der Waals surface area contributed by atoms with Crippen LogP contribution in [0.2, 0.25) is 12.1 Å². The summed E-state index contributed by atoms with van der Waals surface area (Å²) in [5.74, 6) is -9.17. The molecular formula is C11H13F5Si. The minimum absolute atomic E-state index is 0.0714. The Morgan fingerprint density at radius 3 is 1.71 bits per heavy atom. The summed E-state index contributed by atoms with van der Waals surface area (Å²) in [6.07, 6.45) is 0.918. The molecule has 0 spiro atoms. The van der Waals surface area contributed by atoms with E-state index in [4.69, 9.17) is 0 Å². The monoisotopic (exact) mass is 268 g/mol. The summed E-state index contributed by atoms with van der Waals surface area (Å²) in [6.45, 7) is 1.99. The third-order valence-electron chi connectivity index (χ3n) is 2.58. The lowest BCUT2D eigenvalue weighted by Crippen LogP contribution is -2.08. The number of benzene rings is 1. The molecule has 0 aliphatic heterocycles. The standard InChI is InChI=1S/C11H13F5Si/c1-2-4-17-5-3-6-7(12)9(14)11(16)10(15)8(6)13/h2-5,17H2,1H3. The average Bonchev–Trinajstić information content (AvgIpc) is 2.33. The molecule has 0 fully saturated rings. The number of hydrogen-bond acceptors (Lipinski definition) is 0. The van der Waals surface area contributed by atoms with Gasteiger partial charge in [0.05, 0.1) is 0 Å². The first-order valence-corrected chi connectivity index (χ1v) is 7.51. The van der Waals surface area contributed by atoms with E-state index in [0.29, 0.717) is 6.04 Å². The fourth-order valence-electron chi connectivity index (χ4n) is 1.60. The molecule has 0 nitrogen and oxygen atoms in total. The molecule has 0 N–H and O–H groups in total. The zero-order valence-corrected chi connectivity index (χ0v) is 10.8. The van der Waals surface area contributed by atoms with E-state index < -0.39 is 44.2 Å². The van der Waals surface area contributed by atoms with Crippen molar-refractivity contribution in [2.45, 2.75) is 31.9 Å². The molecule has 0 bridgehead atoms. The first kappa shape index (κ1) is 14.1. The lowest BCUT2D eigenvalue weighted by molar-refractivity contribution is 0.370. The molecule has 1 aromatic carbocycles. The Hall–Kier alpha value is -0.913. The smallest absolute Gasteiger partial charge is 0.200 e. The third kappa shape index (κ3) is 3.05. The predicted molar refractivity (Wildman–Crippen MR) is 58.4 cm³/mol. The summed E-state index contributed by atoms with van der Waals surface area (Å²) in [4.78, 5) is 0. The Morgan fingerprint density at radius 2 is 1.24 bits per heavy atom. The lowest BCUT2D eigenvalue weighted by Gasteiger charge is -2.07. The van der Waals surface area contributed by atoms with E-state index in [0.717, 1.165) is 12.5 Å². The topological polar surface area (TPSA) is 0 Å². The van der Waals surface area contributed by atoms with Crippen LogP contribution in [0.5, 0.6) is 0 Å². The van der Waals surface area contributed by atoms with Gasteiger partial charge < -0.3 is 0 Å². The van der Waals surface area contributed by atoms with Gasteiger partial charge in [0.1, 0.15) is 0 Å². The first-order chi connectivity index (χ1) is 8.00. The first-order valence-electron chi connectivity index (χ1n) is 5.51. The zero-order chi connectivity index (χ0) is 13.0. The largest absolute Gasteiger partial charge is 0.203 e. The second-order valence-electron chi connectivity index (χ2n) is 3.86. The SMILES string of the molecule is CCC[SiH2]CCc1c(F)c(F)c(F)c(F)c1F. The van der Waals surface area contributed by atoms with Crippen LogP contribution in [0.25, 0.3) is 0 Å². The molecule has 6 heteroatoms. The van der Waals surface area contributed by atoms with Crippen molar-refractivity contribution in [1.82, 2.24) is 0 Å². The highest BCUT2D eigenvalue weighted by Crippen LogP contribution is 2.24. The van der Waals surface area contributed by atoms with E-state index in [1.807, 2.05) is 6.92 Å². The van der Waals surface area contributed by atoms with Crippen LogP contribution in [0, 0.1) is 29.1 Å². The van der Waals surface area contributed by atoms with Gasteiger partial charge in [0.15, 0.2) is 23.3 Å². The molecule has 1 rings (SSSR count). The molecule has 0 saturated carbocycles. The normalized spacial score (nSPS) is 11.6. The maximum atomic E-state index is 13.2. The molecule has 1 aromatic rings. The number of halogens is 5. The molecule has 0 aliphatic carbocycles. The van der Waals surface area contributed by atoms with Gasteiger partial charge in [0, 0.05) is 15.1 Å². The van der Waals surface area contributed by atoms with Gasteiger partial charge in [-0.25, -0.2) is 22.0 Å². The molecule has 0 saturated heterocycles. The van der Waals surface area contributed by atoms with Gasteiger partial charge in [-0.1, -0.05) is 25.4 Å². The van der Waals surface area contributed by atoms with E-state index in [9.17, 15) is 22.0 Å². The molecule has 0 aromatic heterocycles. The molecule has 0 amide bonds. The van der Waals surface area contributed by atoms with Gasteiger partial charge in [0.25, 0.3) is 0 Å². The molecule has 0 atom stereocenters. The van der Waals surface area contributed by atoms with Gasteiger partial charge >= 0.3 is 0 Å². The van der Waals surface area contributed by atoms with E-state index in [1.165, 1.54) is 0 Å². The molecule has 96 valence electrons. The molecular weight excluding hydrogens is 255 g/mol. The summed E-state index contributed by atoms with van der Waals surface area (Å²) >= 11 is 0. The van der Waals surface area contributed by atoms with Crippen LogP contribution in [-0.4, -0.2) is 9.52 Å². The maximum absolute atomic E-state index is 13.2. The van der Waals surface area contributed by atoms with Crippen LogP contribution in [0.4, 0.5) is 22.0 Å². The van der Waals surface area contributed by atoms with Gasteiger partial charge in [0.2, 0.25) is 5.82 Å². The second kappa shape index (κ2) is 6.14. The fraction of sp³-hybridized carbons (Fsp3) is 0.455. The van der Waals surface area contributed by atoms with Crippen LogP contribution in [0.15, 0.2) is 0 Å². The lowest BCUT2D eigenvalue weighted by atomic mass is 10.1. The summed E-state index contributed by atoms with van der Waals surface area (Å²) in [6, 6.07) is 1.56. The van der Waals surface area contributed by atoms with Gasteiger partial charge in [-0.3, -0.25) is 0 Å². The predicted octanol–water partition coefficient (Wildman–Crippen LogP) is 3.34. The van der Waals surface area contributed by atoms with Gasteiger partial charge in [-0.2, -0.15) is 0 Å². The average molecular weight is 268 g/mol. The minimum Gasteiger partial charge on any atom is -0.203 e. The number of hydrogen-bond donors (Lipinski definition) is 0. The van der Waals surface area contributed by atoms with Gasteiger partial charge in [-0.05, 0) is 6.42 Å². The van der Waals surface area contributed by atoms with Crippen molar-refractivity contribution in [2.75, 3.05) is 0 Å². The second-order valence-corrected chi connectivity index (χ2v) is 5.98. The van der Waals surface area contributed by atoms with Crippen molar-refractivity contribution in [3.63, 3.8) is 0 Å². The highest BCUT2D eigenvalue weighted by molar-refractivity contribution is 6.35. The number of rotatable bonds is 5. The maximum Gasteiger partial charge on any atom is 0.200 e. The molecule has 17 heavy (non-hydrogen) atoms. The molecule has 0 unspecified atom stereocenters. The third-order valence-corrected chi connectivity index (χ3v) is 4.64. The van der Waals surface area contributed by atoms with Crippen LogP contribution in [0.3, 0.4) is 0 Å². The molecule has 0 aliphatic rings. The Bertz CT molecular complexity index is 376. The summed E-state index contributed by atoms with van der Waals surface area (Å²) in [5, 5.41) is 0. The van der Waals surface area contributed by atoms with Crippen LogP contribution in [0.1, 0.15) is 18.9 Å². The minimum atomic E-state index is -2.09. The highest BCUT2D eigenvalue weighted by atomic mass is 28.2. The van der Waals surface area contributed by atoms with Gasteiger partial charge in [-0.15, -0.1) is 0 Å². The van der Waals surface area contributed by atoms with Crippen LogP contribution in [-0.2, 0) is 6.42 Å². The van der Waals surface area contributed by atoms with Crippen molar-refractivity contribution in [2.24, 2.45) is 0 Å². The van der Waals surface area contributed by atoms with E-state index in [-0.39, 0.29) is 6.42 Å². The van der Waals surface area contributed by atoms with Crippen molar-refractivity contribution in [1.29, 1.82) is 0 Å². The fourth-order valence-corrected chi connectivity index (χ4v) is 3.06. The summed E-state index contributed by atoms with van der Waals surface area (Å²) in [7, 11) is -0.471. The quantitative estimate of drug-likeness (QED) is 0.253. The molecule has 0 heterocycles. The van der Waals surface area contributed by atoms with E-state index in [1.54, 1.807) is 0 Å². The van der Waals surface area contributed by atoms with Crippen LogP contribution < -0.4 is 0 Å². The van der Waals surface area contributed by atoms with Crippen molar-refractivity contribution in [3.8, 4) is 0 Å².